The predicted molar refractivity (Wildman–Crippen MR) is 75.2 cm³/mol. The lowest BCUT2D eigenvalue weighted by Crippen LogP contribution is -2.23. The predicted octanol–water partition coefficient (Wildman–Crippen LogP) is 3.15. The Hall–Kier alpha value is -1.22. The molecule has 0 aliphatic heterocycles. The standard InChI is InChI=1S/C15H25NO2/c1-11(16-4)6-5-9-15(2,3)13-8-7-12(17)10-14(13)18/h7-8,10-11,16-18H,5-6,9H2,1-4H3. The maximum absolute atomic E-state index is 9.91. The van der Waals surface area contributed by atoms with Gasteiger partial charge in [-0.3, -0.25) is 0 Å². The van der Waals surface area contributed by atoms with E-state index in [1.54, 1.807) is 6.07 Å². The van der Waals surface area contributed by atoms with E-state index in [1.807, 2.05) is 13.1 Å². The number of rotatable bonds is 6. The Labute approximate surface area is 110 Å². The van der Waals surface area contributed by atoms with Crippen LogP contribution in [0.5, 0.6) is 11.5 Å². The normalized spacial score (nSPS) is 13.6. The summed E-state index contributed by atoms with van der Waals surface area (Å²) in [5.41, 5.74) is 0.822. The maximum atomic E-state index is 9.91. The molecule has 0 heterocycles. The summed E-state index contributed by atoms with van der Waals surface area (Å²) in [6.45, 7) is 6.43. The van der Waals surface area contributed by atoms with Crippen LogP contribution in [0.1, 0.15) is 45.6 Å². The smallest absolute Gasteiger partial charge is 0.122 e. The Morgan fingerprint density at radius 3 is 2.50 bits per heavy atom. The van der Waals surface area contributed by atoms with E-state index in [9.17, 15) is 10.2 Å². The van der Waals surface area contributed by atoms with Gasteiger partial charge in [-0.15, -0.1) is 0 Å². The van der Waals surface area contributed by atoms with Crippen molar-refractivity contribution in [3.8, 4) is 11.5 Å². The van der Waals surface area contributed by atoms with E-state index >= 15 is 0 Å². The van der Waals surface area contributed by atoms with E-state index < -0.39 is 0 Å². The molecule has 1 aromatic rings. The molecule has 0 aliphatic rings. The van der Waals surface area contributed by atoms with Gasteiger partial charge in [0.2, 0.25) is 0 Å². The second kappa shape index (κ2) is 6.10. The number of aromatic hydroxyl groups is 2. The van der Waals surface area contributed by atoms with Crippen LogP contribution in [-0.4, -0.2) is 23.3 Å². The van der Waals surface area contributed by atoms with E-state index in [4.69, 9.17) is 0 Å². The molecule has 0 spiro atoms. The highest BCUT2D eigenvalue weighted by atomic mass is 16.3. The van der Waals surface area contributed by atoms with Gasteiger partial charge < -0.3 is 15.5 Å². The van der Waals surface area contributed by atoms with Crippen molar-refractivity contribution >= 4 is 0 Å². The summed E-state index contributed by atoms with van der Waals surface area (Å²) in [6.07, 6.45) is 3.24. The van der Waals surface area contributed by atoms with Gasteiger partial charge in [0.25, 0.3) is 0 Å². The summed E-state index contributed by atoms with van der Waals surface area (Å²) < 4.78 is 0. The second-order valence-electron chi connectivity index (χ2n) is 5.67. The fourth-order valence-corrected chi connectivity index (χ4v) is 2.22. The minimum atomic E-state index is -0.0781. The SMILES string of the molecule is CNC(C)CCCC(C)(C)c1ccc(O)cc1O. The largest absolute Gasteiger partial charge is 0.508 e. The van der Waals surface area contributed by atoms with Crippen LogP contribution < -0.4 is 5.32 Å². The van der Waals surface area contributed by atoms with Crippen LogP contribution in [0, 0.1) is 0 Å². The molecule has 0 fully saturated rings. The second-order valence-corrected chi connectivity index (χ2v) is 5.67. The average molecular weight is 251 g/mol. The molecule has 1 aromatic carbocycles. The fourth-order valence-electron chi connectivity index (χ4n) is 2.22. The monoisotopic (exact) mass is 251 g/mol. The molecule has 18 heavy (non-hydrogen) atoms. The van der Waals surface area contributed by atoms with Crippen LogP contribution in [0.15, 0.2) is 18.2 Å². The zero-order valence-electron chi connectivity index (χ0n) is 11.8. The van der Waals surface area contributed by atoms with Crippen molar-refractivity contribution < 1.29 is 10.2 Å². The highest BCUT2D eigenvalue weighted by Crippen LogP contribution is 2.36. The lowest BCUT2D eigenvalue weighted by atomic mass is 9.79. The van der Waals surface area contributed by atoms with Gasteiger partial charge in [-0.2, -0.15) is 0 Å². The highest BCUT2D eigenvalue weighted by molar-refractivity contribution is 5.42. The molecule has 0 aliphatic carbocycles. The Morgan fingerprint density at radius 1 is 1.28 bits per heavy atom. The van der Waals surface area contributed by atoms with Crippen molar-refractivity contribution in [1.29, 1.82) is 0 Å². The summed E-state index contributed by atoms with van der Waals surface area (Å²) in [7, 11) is 1.97. The zero-order chi connectivity index (χ0) is 13.8. The molecule has 0 saturated heterocycles. The third-order valence-corrected chi connectivity index (χ3v) is 3.64. The average Bonchev–Trinajstić information content (AvgIpc) is 2.27. The van der Waals surface area contributed by atoms with Gasteiger partial charge in [-0.1, -0.05) is 26.3 Å². The first kappa shape index (κ1) is 14.8. The van der Waals surface area contributed by atoms with E-state index in [-0.39, 0.29) is 16.9 Å². The summed E-state index contributed by atoms with van der Waals surface area (Å²) in [5.74, 6) is 0.289. The Balaban J connectivity index is 2.67. The van der Waals surface area contributed by atoms with E-state index in [1.165, 1.54) is 6.07 Å². The van der Waals surface area contributed by atoms with Crippen LogP contribution in [0.25, 0.3) is 0 Å². The first-order valence-corrected chi connectivity index (χ1v) is 6.56. The van der Waals surface area contributed by atoms with Crippen molar-refractivity contribution in [3.63, 3.8) is 0 Å². The third-order valence-electron chi connectivity index (χ3n) is 3.64. The number of phenols is 2. The molecule has 0 amide bonds. The van der Waals surface area contributed by atoms with E-state index in [2.05, 4.69) is 26.1 Å². The molecule has 1 atom stereocenters. The molecule has 0 aromatic heterocycles. The summed E-state index contributed by atoms with van der Waals surface area (Å²) in [5, 5.41) is 22.5. The number of phenolic OH excluding ortho intramolecular Hbond substituents is 2. The lowest BCUT2D eigenvalue weighted by molar-refractivity contribution is 0.393. The van der Waals surface area contributed by atoms with Crippen LogP contribution in [0.3, 0.4) is 0 Å². The topological polar surface area (TPSA) is 52.5 Å². The molecule has 0 radical (unpaired) electrons. The first-order chi connectivity index (χ1) is 8.36. The number of hydrogen-bond donors (Lipinski definition) is 3. The number of hydrogen-bond acceptors (Lipinski definition) is 3. The lowest BCUT2D eigenvalue weighted by Gasteiger charge is -2.26. The molecular formula is C15H25NO2. The van der Waals surface area contributed by atoms with Crippen molar-refractivity contribution in [2.75, 3.05) is 7.05 Å². The van der Waals surface area contributed by atoms with Crippen LogP contribution >= 0.6 is 0 Å². The third kappa shape index (κ3) is 3.91. The zero-order valence-corrected chi connectivity index (χ0v) is 11.8. The molecule has 102 valence electrons. The van der Waals surface area contributed by atoms with Crippen LogP contribution in [0.2, 0.25) is 0 Å². The summed E-state index contributed by atoms with van der Waals surface area (Å²) in [4.78, 5) is 0. The van der Waals surface area contributed by atoms with Crippen LogP contribution in [0.4, 0.5) is 0 Å². The molecule has 0 bridgehead atoms. The van der Waals surface area contributed by atoms with Gasteiger partial charge in [-0.05, 0) is 43.9 Å². The van der Waals surface area contributed by atoms with Gasteiger partial charge in [0.15, 0.2) is 0 Å². The minimum absolute atomic E-state index is 0.0781. The highest BCUT2D eigenvalue weighted by Gasteiger charge is 2.23. The molecular weight excluding hydrogens is 226 g/mol. The van der Waals surface area contributed by atoms with Crippen LogP contribution in [-0.2, 0) is 5.41 Å². The minimum Gasteiger partial charge on any atom is -0.508 e. The molecule has 0 saturated carbocycles. The number of benzene rings is 1. The van der Waals surface area contributed by atoms with Crippen molar-refractivity contribution in [3.05, 3.63) is 23.8 Å². The quantitative estimate of drug-likeness (QED) is 0.728. The Kier molecular flexibility index (Phi) is 5.03. The number of nitrogens with one attached hydrogen (secondary N) is 1. The Bertz CT molecular complexity index is 388. The molecule has 3 N–H and O–H groups in total. The van der Waals surface area contributed by atoms with E-state index in [0.29, 0.717) is 6.04 Å². The van der Waals surface area contributed by atoms with Crippen molar-refractivity contribution in [2.24, 2.45) is 0 Å². The maximum Gasteiger partial charge on any atom is 0.122 e. The summed E-state index contributed by atoms with van der Waals surface area (Å²) >= 11 is 0. The molecule has 1 unspecified atom stereocenters. The fraction of sp³-hybridized carbons (Fsp3) is 0.600. The molecule has 3 heteroatoms. The van der Waals surface area contributed by atoms with Gasteiger partial charge in [0.05, 0.1) is 0 Å². The van der Waals surface area contributed by atoms with Gasteiger partial charge in [0, 0.05) is 12.1 Å². The van der Waals surface area contributed by atoms with Gasteiger partial charge in [-0.25, -0.2) is 0 Å². The molecule has 3 nitrogen and oxygen atoms in total. The van der Waals surface area contributed by atoms with Gasteiger partial charge >= 0.3 is 0 Å². The Morgan fingerprint density at radius 2 is 1.94 bits per heavy atom. The van der Waals surface area contributed by atoms with E-state index in [0.717, 1.165) is 24.8 Å². The van der Waals surface area contributed by atoms with Gasteiger partial charge in [0.1, 0.15) is 11.5 Å². The van der Waals surface area contributed by atoms with Crippen molar-refractivity contribution in [1.82, 2.24) is 5.32 Å². The molecule has 1 rings (SSSR count). The van der Waals surface area contributed by atoms with Crippen molar-refractivity contribution in [2.45, 2.75) is 51.5 Å². The first-order valence-electron chi connectivity index (χ1n) is 6.56. The summed E-state index contributed by atoms with van der Waals surface area (Å²) in [6, 6.07) is 5.38.